The highest BCUT2D eigenvalue weighted by molar-refractivity contribution is 5.87. The molecule has 0 saturated carbocycles. The first kappa shape index (κ1) is 12.6. The summed E-state index contributed by atoms with van der Waals surface area (Å²) in [5, 5.41) is 8.65. The Balaban J connectivity index is 3.11. The van der Waals surface area contributed by atoms with Crippen LogP contribution in [0.3, 0.4) is 0 Å². The molecule has 0 amide bonds. The predicted octanol–water partition coefficient (Wildman–Crippen LogP) is 3.52. The van der Waals surface area contributed by atoms with Gasteiger partial charge in [0.15, 0.2) is 0 Å². The molecule has 0 spiro atoms. The quantitative estimate of drug-likeness (QED) is 0.840. The van der Waals surface area contributed by atoms with E-state index < -0.39 is 17.3 Å². The van der Waals surface area contributed by atoms with Crippen LogP contribution in [0.1, 0.15) is 36.7 Å². The molecular formula is C12H14F2O2. The monoisotopic (exact) mass is 228 g/mol. The fourth-order valence-electron chi connectivity index (χ4n) is 1.26. The maximum atomic E-state index is 13.8. The van der Waals surface area contributed by atoms with Crippen LogP contribution in [0.2, 0.25) is 0 Å². The molecule has 0 heterocycles. The zero-order valence-corrected chi connectivity index (χ0v) is 9.42. The van der Waals surface area contributed by atoms with Crippen molar-refractivity contribution in [3.63, 3.8) is 0 Å². The van der Waals surface area contributed by atoms with E-state index in [-0.39, 0.29) is 11.1 Å². The zero-order chi connectivity index (χ0) is 12.6. The Bertz CT molecular complexity index is 388. The lowest BCUT2D eigenvalue weighted by atomic mass is 9.83. The van der Waals surface area contributed by atoms with Crippen molar-refractivity contribution in [2.45, 2.75) is 26.7 Å². The number of benzene rings is 1. The molecule has 1 aromatic carbocycles. The molecule has 0 fully saturated rings. The first-order chi connectivity index (χ1) is 7.16. The second-order valence-corrected chi connectivity index (χ2v) is 4.71. The summed E-state index contributed by atoms with van der Waals surface area (Å²) in [6, 6.07) is 4.71. The fraction of sp³-hybridized carbons (Fsp3) is 0.417. The molecule has 2 nitrogen and oxygen atoms in total. The number of rotatable bonds is 2. The van der Waals surface area contributed by atoms with Crippen molar-refractivity contribution in [2.75, 3.05) is 0 Å². The number of carbonyl (C=O) groups is 1. The molecule has 0 aliphatic heterocycles. The van der Waals surface area contributed by atoms with Crippen LogP contribution in [0.25, 0.3) is 0 Å². The number of aromatic carboxylic acids is 1. The summed E-state index contributed by atoms with van der Waals surface area (Å²) in [5.41, 5.74) is -1.35. The second kappa shape index (κ2) is 3.85. The van der Waals surface area contributed by atoms with Gasteiger partial charge in [0.25, 0.3) is 5.92 Å². The summed E-state index contributed by atoms with van der Waals surface area (Å²) in [5.74, 6) is -4.10. The summed E-state index contributed by atoms with van der Waals surface area (Å²) >= 11 is 0. The van der Waals surface area contributed by atoms with E-state index >= 15 is 0 Å². The molecule has 0 aliphatic rings. The minimum absolute atomic E-state index is 0.00783. The van der Waals surface area contributed by atoms with Gasteiger partial charge in [-0.05, 0) is 12.1 Å². The highest BCUT2D eigenvalue weighted by atomic mass is 19.3. The number of halogens is 2. The molecule has 1 N–H and O–H groups in total. The molecule has 1 rings (SSSR count). The van der Waals surface area contributed by atoms with Gasteiger partial charge in [0, 0.05) is 11.0 Å². The Kier molecular flexibility index (Phi) is 3.03. The molecule has 1 aromatic rings. The SMILES string of the molecule is CC(C)(C)C(F)(F)c1ccc(C(=O)O)cc1. The smallest absolute Gasteiger partial charge is 0.335 e. The van der Waals surface area contributed by atoms with Crippen LogP contribution in [-0.4, -0.2) is 11.1 Å². The van der Waals surface area contributed by atoms with Crippen molar-refractivity contribution >= 4 is 5.97 Å². The van der Waals surface area contributed by atoms with E-state index in [1.54, 1.807) is 0 Å². The van der Waals surface area contributed by atoms with E-state index in [2.05, 4.69) is 0 Å². The topological polar surface area (TPSA) is 37.3 Å². The number of carboxylic acid groups (broad SMARTS) is 1. The van der Waals surface area contributed by atoms with Gasteiger partial charge in [0.05, 0.1) is 5.56 Å². The first-order valence-electron chi connectivity index (χ1n) is 4.88. The largest absolute Gasteiger partial charge is 0.478 e. The third-order valence-electron chi connectivity index (χ3n) is 2.44. The average molecular weight is 228 g/mol. The lowest BCUT2D eigenvalue weighted by Crippen LogP contribution is -2.31. The number of hydrogen-bond acceptors (Lipinski definition) is 1. The van der Waals surface area contributed by atoms with E-state index in [1.165, 1.54) is 32.9 Å². The summed E-state index contributed by atoms with van der Waals surface area (Å²) in [4.78, 5) is 10.6. The highest BCUT2D eigenvalue weighted by Gasteiger charge is 2.44. The molecular weight excluding hydrogens is 214 g/mol. The van der Waals surface area contributed by atoms with Gasteiger partial charge in [-0.2, -0.15) is 0 Å². The van der Waals surface area contributed by atoms with Crippen molar-refractivity contribution in [1.29, 1.82) is 0 Å². The van der Waals surface area contributed by atoms with Gasteiger partial charge >= 0.3 is 5.97 Å². The van der Waals surface area contributed by atoms with Gasteiger partial charge in [0.1, 0.15) is 0 Å². The van der Waals surface area contributed by atoms with Gasteiger partial charge in [-0.25, -0.2) is 13.6 Å². The van der Waals surface area contributed by atoms with Crippen LogP contribution in [0.5, 0.6) is 0 Å². The lowest BCUT2D eigenvalue weighted by molar-refractivity contribution is -0.104. The Hall–Kier alpha value is -1.45. The van der Waals surface area contributed by atoms with E-state index in [4.69, 9.17) is 5.11 Å². The van der Waals surface area contributed by atoms with Crippen LogP contribution < -0.4 is 0 Å². The lowest BCUT2D eigenvalue weighted by Gasteiger charge is -2.30. The summed E-state index contributed by atoms with van der Waals surface area (Å²) in [6.45, 7) is 4.33. The van der Waals surface area contributed by atoms with E-state index in [0.717, 1.165) is 12.1 Å². The van der Waals surface area contributed by atoms with Crippen molar-refractivity contribution in [3.8, 4) is 0 Å². The third-order valence-corrected chi connectivity index (χ3v) is 2.44. The third kappa shape index (κ3) is 2.21. The van der Waals surface area contributed by atoms with Gasteiger partial charge in [0.2, 0.25) is 0 Å². The van der Waals surface area contributed by atoms with Crippen LogP contribution in [0.15, 0.2) is 24.3 Å². The van der Waals surface area contributed by atoms with Gasteiger partial charge in [-0.3, -0.25) is 0 Å². The molecule has 0 aliphatic carbocycles. The molecule has 0 aromatic heterocycles. The molecule has 0 radical (unpaired) electrons. The minimum Gasteiger partial charge on any atom is -0.478 e. The summed E-state index contributed by atoms with van der Waals surface area (Å²) in [7, 11) is 0. The maximum absolute atomic E-state index is 13.8. The molecule has 0 saturated heterocycles. The van der Waals surface area contributed by atoms with Gasteiger partial charge in [-0.1, -0.05) is 32.9 Å². The number of alkyl halides is 2. The predicted molar refractivity (Wildman–Crippen MR) is 56.8 cm³/mol. The van der Waals surface area contributed by atoms with Crippen molar-refractivity contribution in [1.82, 2.24) is 0 Å². The number of hydrogen-bond donors (Lipinski definition) is 1. The van der Waals surface area contributed by atoms with Crippen LogP contribution in [0.4, 0.5) is 8.78 Å². The van der Waals surface area contributed by atoms with Gasteiger partial charge < -0.3 is 5.11 Å². The Morgan fingerprint density at radius 3 is 1.88 bits per heavy atom. The Morgan fingerprint density at radius 1 is 1.12 bits per heavy atom. The fourth-order valence-corrected chi connectivity index (χ4v) is 1.26. The minimum atomic E-state index is -2.98. The molecule has 0 unspecified atom stereocenters. The van der Waals surface area contributed by atoms with Crippen molar-refractivity contribution in [2.24, 2.45) is 5.41 Å². The van der Waals surface area contributed by atoms with Gasteiger partial charge in [-0.15, -0.1) is 0 Å². The maximum Gasteiger partial charge on any atom is 0.335 e. The van der Waals surface area contributed by atoms with E-state index in [0.29, 0.717) is 0 Å². The molecule has 88 valence electrons. The van der Waals surface area contributed by atoms with E-state index in [1.807, 2.05) is 0 Å². The van der Waals surface area contributed by atoms with Crippen LogP contribution in [0, 0.1) is 5.41 Å². The highest BCUT2D eigenvalue weighted by Crippen LogP contribution is 2.44. The second-order valence-electron chi connectivity index (χ2n) is 4.71. The molecule has 16 heavy (non-hydrogen) atoms. The Labute approximate surface area is 92.9 Å². The molecule has 4 heteroatoms. The van der Waals surface area contributed by atoms with Crippen LogP contribution in [-0.2, 0) is 5.92 Å². The molecule has 0 bridgehead atoms. The van der Waals surface area contributed by atoms with Crippen molar-refractivity contribution in [3.05, 3.63) is 35.4 Å². The molecule has 0 atom stereocenters. The summed E-state index contributed by atoms with van der Waals surface area (Å²) in [6.07, 6.45) is 0. The Morgan fingerprint density at radius 2 is 1.56 bits per heavy atom. The van der Waals surface area contributed by atoms with E-state index in [9.17, 15) is 13.6 Å². The summed E-state index contributed by atoms with van der Waals surface area (Å²) < 4.78 is 27.7. The van der Waals surface area contributed by atoms with Crippen molar-refractivity contribution < 1.29 is 18.7 Å². The standard InChI is InChI=1S/C12H14F2O2/c1-11(2,3)12(13,14)9-6-4-8(5-7-9)10(15)16/h4-7H,1-3H3,(H,15,16). The average Bonchev–Trinajstić information content (AvgIpc) is 2.16. The zero-order valence-electron chi connectivity index (χ0n) is 9.42. The first-order valence-corrected chi connectivity index (χ1v) is 4.88. The van der Waals surface area contributed by atoms with Crippen LogP contribution >= 0.6 is 0 Å². The normalized spacial score (nSPS) is 12.6. The number of carboxylic acids is 1.